The molecule has 1 atom stereocenters. The third-order valence-electron chi connectivity index (χ3n) is 1.95. The van der Waals surface area contributed by atoms with Crippen LogP contribution in [0.4, 0.5) is 0 Å². The zero-order valence-corrected chi connectivity index (χ0v) is 8.46. The molecule has 0 aromatic carbocycles. The zero-order chi connectivity index (χ0) is 9.68. The molecular weight excluding hydrogens is 188 g/mol. The van der Waals surface area contributed by atoms with E-state index >= 15 is 0 Å². The lowest BCUT2D eigenvalue weighted by molar-refractivity contribution is 0.511. The fraction of sp³-hybridized carbons (Fsp3) is 0.625. The van der Waals surface area contributed by atoms with Crippen LogP contribution in [0.15, 0.2) is 12.4 Å². The number of hydrazine groups is 1. The number of hydrogen-bond acceptors (Lipinski definition) is 3. The molecule has 0 aliphatic rings. The Morgan fingerprint density at radius 1 is 1.77 bits per heavy atom. The Morgan fingerprint density at radius 3 is 3.00 bits per heavy atom. The van der Waals surface area contributed by atoms with E-state index in [-0.39, 0.29) is 6.04 Å². The lowest BCUT2D eigenvalue weighted by Gasteiger charge is -2.12. The van der Waals surface area contributed by atoms with Crippen molar-refractivity contribution >= 4 is 11.6 Å². The summed E-state index contributed by atoms with van der Waals surface area (Å²) < 4.78 is 1.76. The molecule has 3 N–H and O–H groups in total. The van der Waals surface area contributed by atoms with Crippen molar-refractivity contribution in [2.75, 3.05) is 5.88 Å². The van der Waals surface area contributed by atoms with Gasteiger partial charge in [0.1, 0.15) is 0 Å². The second-order valence-electron chi connectivity index (χ2n) is 3.00. The maximum absolute atomic E-state index is 5.61. The minimum atomic E-state index is 0.160. The van der Waals surface area contributed by atoms with E-state index in [2.05, 4.69) is 10.5 Å². The standard InChI is InChI=1S/C8H15ClN4/c1-13-6-7(5-11-13)8(12-10)3-2-4-9/h5-6,8,12H,2-4,10H2,1H3. The van der Waals surface area contributed by atoms with Gasteiger partial charge >= 0.3 is 0 Å². The Labute approximate surface area is 83.0 Å². The number of alkyl halides is 1. The van der Waals surface area contributed by atoms with Crippen LogP contribution in [0.25, 0.3) is 0 Å². The minimum Gasteiger partial charge on any atom is -0.275 e. The van der Waals surface area contributed by atoms with E-state index in [9.17, 15) is 0 Å². The molecule has 0 fully saturated rings. The highest BCUT2D eigenvalue weighted by Gasteiger charge is 2.10. The first kappa shape index (κ1) is 10.5. The minimum absolute atomic E-state index is 0.160. The first-order valence-corrected chi connectivity index (χ1v) is 4.82. The third-order valence-corrected chi connectivity index (χ3v) is 2.22. The molecule has 1 unspecified atom stereocenters. The van der Waals surface area contributed by atoms with E-state index in [1.165, 1.54) is 0 Å². The number of nitrogens with one attached hydrogen (secondary N) is 1. The van der Waals surface area contributed by atoms with Gasteiger partial charge in [-0.25, -0.2) is 0 Å². The van der Waals surface area contributed by atoms with Crippen LogP contribution in [0.3, 0.4) is 0 Å². The van der Waals surface area contributed by atoms with Crippen molar-refractivity contribution < 1.29 is 0 Å². The fourth-order valence-corrected chi connectivity index (χ4v) is 1.40. The summed E-state index contributed by atoms with van der Waals surface area (Å²) in [6, 6.07) is 0.160. The summed E-state index contributed by atoms with van der Waals surface area (Å²) in [6.07, 6.45) is 5.66. The van der Waals surface area contributed by atoms with E-state index in [1.807, 2.05) is 19.4 Å². The quantitative estimate of drug-likeness (QED) is 0.425. The van der Waals surface area contributed by atoms with E-state index in [0.717, 1.165) is 18.4 Å². The van der Waals surface area contributed by atoms with Crippen molar-refractivity contribution in [1.29, 1.82) is 0 Å². The van der Waals surface area contributed by atoms with Crippen molar-refractivity contribution in [3.63, 3.8) is 0 Å². The van der Waals surface area contributed by atoms with Gasteiger partial charge in [0.05, 0.1) is 6.20 Å². The summed E-state index contributed by atoms with van der Waals surface area (Å²) in [5.41, 5.74) is 3.86. The van der Waals surface area contributed by atoms with Gasteiger partial charge in [-0.1, -0.05) is 0 Å². The van der Waals surface area contributed by atoms with Crippen LogP contribution in [0, 0.1) is 0 Å². The molecule has 5 heteroatoms. The number of aryl methyl sites for hydroxylation is 1. The van der Waals surface area contributed by atoms with Gasteiger partial charge in [-0.05, 0) is 12.8 Å². The number of aromatic nitrogens is 2. The number of nitrogens with two attached hydrogens (primary N) is 1. The molecule has 0 aliphatic carbocycles. The van der Waals surface area contributed by atoms with Crippen LogP contribution in [0.2, 0.25) is 0 Å². The molecule has 0 saturated carbocycles. The molecule has 1 aromatic rings. The van der Waals surface area contributed by atoms with Crippen LogP contribution in [0.5, 0.6) is 0 Å². The predicted octanol–water partition coefficient (Wildman–Crippen LogP) is 0.944. The molecule has 74 valence electrons. The molecule has 1 heterocycles. The zero-order valence-electron chi connectivity index (χ0n) is 7.70. The topological polar surface area (TPSA) is 55.9 Å². The van der Waals surface area contributed by atoms with Crippen LogP contribution in [0.1, 0.15) is 24.4 Å². The Bertz CT molecular complexity index is 248. The van der Waals surface area contributed by atoms with Crippen LogP contribution in [-0.4, -0.2) is 15.7 Å². The van der Waals surface area contributed by atoms with Crippen LogP contribution < -0.4 is 11.3 Å². The second-order valence-corrected chi connectivity index (χ2v) is 3.38. The first-order chi connectivity index (χ1) is 6.27. The van der Waals surface area contributed by atoms with Gasteiger partial charge in [0.15, 0.2) is 0 Å². The summed E-state index contributed by atoms with van der Waals surface area (Å²) in [6.45, 7) is 0. The highest BCUT2D eigenvalue weighted by atomic mass is 35.5. The van der Waals surface area contributed by atoms with E-state index < -0.39 is 0 Å². The summed E-state index contributed by atoms with van der Waals surface area (Å²) in [4.78, 5) is 0. The number of halogens is 1. The molecule has 13 heavy (non-hydrogen) atoms. The van der Waals surface area contributed by atoms with Gasteiger partial charge in [0.2, 0.25) is 0 Å². The van der Waals surface area contributed by atoms with E-state index in [4.69, 9.17) is 17.4 Å². The van der Waals surface area contributed by atoms with Gasteiger partial charge < -0.3 is 0 Å². The molecule has 0 bridgehead atoms. The Balaban J connectivity index is 2.56. The van der Waals surface area contributed by atoms with E-state index in [1.54, 1.807) is 4.68 Å². The summed E-state index contributed by atoms with van der Waals surface area (Å²) in [5.74, 6) is 6.09. The lowest BCUT2D eigenvalue weighted by atomic mass is 10.1. The van der Waals surface area contributed by atoms with Crippen molar-refractivity contribution in [2.24, 2.45) is 12.9 Å². The number of hydrogen-bond donors (Lipinski definition) is 2. The summed E-state index contributed by atoms with van der Waals surface area (Å²) >= 11 is 5.61. The summed E-state index contributed by atoms with van der Waals surface area (Å²) in [7, 11) is 1.89. The van der Waals surface area contributed by atoms with Crippen molar-refractivity contribution in [2.45, 2.75) is 18.9 Å². The molecule has 0 amide bonds. The van der Waals surface area contributed by atoms with Crippen LogP contribution in [-0.2, 0) is 7.05 Å². The van der Waals surface area contributed by atoms with E-state index in [0.29, 0.717) is 5.88 Å². The molecule has 4 nitrogen and oxygen atoms in total. The Hall–Kier alpha value is -0.580. The number of rotatable bonds is 5. The van der Waals surface area contributed by atoms with Crippen molar-refractivity contribution in [3.8, 4) is 0 Å². The smallest absolute Gasteiger partial charge is 0.0538 e. The fourth-order valence-electron chi connectivity index (χ4n) is 1.25. The molecule has 0 radical (unpaired) electrons. The summed E-state index contributed by atoms with van der Waals surface area (Å²) in [5, 5.41) is 4.08. The normalized spacial score (nSPS) is 13.2. The molecular formula is C8H15ClN4. The Kier molecular flexibility index (Phi) is 4.21. The molecule has 1 rings (SSSR count). The second kappa shape index (κ2) is 5.21. The first-order valence-electron chi connectivity index (χ1n) is 4.28. The average molecular weight is 203 g/mol. The monoisotopic (exact) mass is 202 g/mol. The number of nitrogens with zero attached hydrogens (tertiary/aromatic N) is 2. The van der Waals surface area contributed by atoms with Crippen molar-refractivity contribution in [1.82, 2.24) is 15.2 Å². The van der Waals surface area contributed by atoms with Gasteiger partial charge in [-0.2, -0.15) is 5.10 Å². The highest BCUT2D eigenvalue weighted by Crippen LogP contribution is 2.16. The maximum atomic E-state index is 5.61. The SMILES string of the molecule is Cn1cc(C(CCCCl)NN)cn1. The molecule has 0 aliphatic heterocycles. The van der Waals surface area contributed by atoms with Gasteiger partial charge in [0.25, 0.3) is 0 Å². The van der Waals surface area contributed by atoms with Gasteiger partial charge in [0, 0.05) is 30.7 Å². The largest absolute Gasteiger partial charge is 0.275 e. The van der Waals surface area contributed by atoms with Gasteiger partial charge in [-0.15, -0.1) is 11.6 Å². The van der Waals surface area contributed by atoms with Gasteiger partial charge in [-0.3, -0.25) is 16.0 Å². The lowest BCUT2D eigenvalue weighted by Crippen LogP contribution is -2.27. The molecule has 0 saturated heterocycles. The average Bonchev–Trinajstić information content (AvgIpc) is 2.54. The third kappa shape index (κ3) is 2.99. The highest BCUT2D eigenvalue weighted by molar-refractivity contribution is 6.17. The van der Waals surface area contributed by atoms with Crippen molar-refractivity contribution in [3.05, 3.63) is 18.0 Å². The molecule has 0 spiro atoms. The Morgan fingerprint density at radius 2 is 2.54 bits per heavy atom. The van der Waals surface area contributed by atoms with Crippen LogP contribution >= 0.6 is 11.6 Å². The predicted molar refractivity (Wildman–Crippen MR) is 53.2 cm³/mol. The molecule has 1 aromatic heterocycles. The maximum Gasteiger partial charge on any atom is 0.0538 e.